The Morgan fingerprint density at radius 1 is 1.06 bits per heavy atom. The van der Waals surface area contributed by atoms with Crippen LogP contribution < -0.4 is 0 Å². The van der Waals surface area contributed by atoms with Crippen molar-refractivity contribution in [3.63, 3.8) is 0 Å². The van der Waals surface area contributed by atoms with Crippen molar-refractivity contribution >= 4 is 8.32 Å². The maximum absolute atomic E-state index is 6.21. The molecule has 16 heavy (non-hydrogen) atoms. The third-order valence-corrected chi connectivity index (χ3v) is 3.46. The van der Waals surface area contributed by atoms with Gasteiger partial charge in [-0.25, -0.2) is 0 Å². The maximum Gasteiger partial charge on any atom is 0.184 e. The minimum Gasteiger partial charge on any atom is -0.414 e. The summed E-state index contributed by atoms with van der Waals surface area (Å²) in [4.78, 5) is 0. The number of rotatable bonds is 9. The van der Waals surface area contributed by atoms with Gasteiger partial charge in [0.25, 0.3) is 0 Å². The molecule has 0 aliphatic heterocycles. The standard InChI is InChI=1S/C14H30OSi/c1-6-8-10-11-13-14(12-9-7-2)15-16(3,4)5/h10-11,14H,6-9,12-13H2,1-5H3. The Labute approximate surface area is 103 Å². The molecule has 0 saturated heterocycles. The van der Waals surface area contributed by atoms with E-state index < -0.39 is 8.32 Å². The fourth-order valence-electron chi connectivity index (χ4n) is 1.69. The molecule has 0 aromatic rings. The Morgan fingerprint density at radius 3 is 2.25 bits per heavy atom. The molecular weight excluding hydrogens is 212 g/mol. The van der Waals surface area contributed by atoms with Crippen molar-refractivity contribution in [2.24, 2.45) is 0 Å². The first-order valence-corrected chi connectivity index (χ1v) is 10.2. The van der Waals surface area contributed by atoms with Gasteiger partial charge in [-0.3, -0.25) is 0 Å². The van der Waals surface area contributed by atoms with Gasteiger partial charge in [0.05, 0.1) is 0 Å². The van der Waals surface area contributed by atoms with Gasteiger partial charge in [-0.1, -0.05) is 45.3 Å². The van der Waals surface area contributed by atoms with E-state index in [1.807, 2.05) is 0 Å². The Balaban J connectivity index is 3.99. The highest BCUT2D eigenvalue weighted by Gasteiger charge is 2.19. The molecule has 0 N–H and O–H groups in total. The van der Waals surface area contributed by atoms with Gasteiger partial charge in [0, 0.05) is 6.10 Å². The molecule has 0 rings (SSSR count). The van der Waals surface area contributed by atoms with Gasteiger partial charge in [-0.05, 0) is 38.9 Å². The van der Waals surface area contributed by atoms with E-state index in [1.54, 1.807) is 0 Å². The summed E-state index contributed by atoms with van der Waals surface area (Å²) in [7, 11) is -1.37. The molecule has 0 aliphatic rings. The van der Waals surface area contributed by atoms with Gasteiger partial charge in [-0.15, -0.1) is 0 Å². The zero-order chi connectivity index (χ0) is 12.4. The molecule has 0 radical (unpaired) electrons. The third kappa shape index (κ3) is 10.4. The molecule has 1 atom stereocenters. The highest BCUT2D eigenvalue weighted by Crippen LogP contribution is 2.16. The van der Waals surface area contributed by atoms with Crippen LogP contribution in [0.15, 0.2) is 12.2 Å². The second kappa shape index (κ2) is 9.00. The highest BCUT2D eigenvalue weighted by atomic mass is 28.4. The zero-order valence-electron chi connectivity index (χ0n) is 11.9. The predicted molar refractivity (Wildman–Crippen MR) is 76.4 cm³/mol. The number of unbranched alkanes of at least 4 members (excludes halogenated alkanes) is 2. The summed E-state index contributed by atoms with van der Waals surface area (Å²) >= 11 is 0. The van der Waals surface area contributed by atoms with Gasteiger partial charge >= 0.3 is 0 Å². The van der Waals surface area contributed by atoms with Crippen LogP contribution in [0, 0.1) is 0 Å². The van der Waals surface area contributed by atoms with Crippen LogP contribution in [-0.4, -0.2) is 14.4 Å². The normalized spacial score (nSPS) is 14.6. The van der Waals surface area contributed by atoms with Crippen molar-refractivity contribution in [1.29, 1.82) is 0 Å². The summed E-state index contributed by atoms with van der Waals surface area (Å²) in [6.45, 7) is 11.3. The van der Waals surface area contributed by atoms with Crippen LogP contribution in [0.5, 0.6) is 0 Å². The van der Waals surface area contributed by atoms with E-state index in [2.05, 4.69) is 45.6 Å². The molecule has 0 aliphatic carbocycles. The predicted octanol–water partition coefficient (Wildman–Crippen LogP) is 5.14. The summed E-state index contributed by atoms with van der Waals surface area (Å²) < 4.78 is 6.21. The SMILES string of the molecule is CCCC=CCC(CCCC)O[Si](C)(C)C. The van der Waals surface area contributed by atoms with Crippen molar-refractivity contribution in [2.45, 2.75) is 78.1 Å². The van der Waals surface area contributed by atoms with Gasteiger partial charge in [0.2, 0.25) is 0 Å². The Hall–Kier alpha value is -0.0831. The highest BCUT2D eigenvalue weighted by molar-refractivity contribution is 6.69. The Kier molecular flexibility index (Phi) is 8.95. The van der Waals surface area contributed by atoms with Crippen molar-refractivity contribution in [1.82, 2.24) is 0 Å². The molecule has 0 aromatic heterocycles. The first kappa shape index (κ1) is 15.9. The summed E-state index contributed by atoms with van der Waals surface area (Å²) in [6.07, 6.45) is 12.4. The molecule has 1 unspecified atom stereocenters. The van der Waals surface area contributed by atoms with E-state index in [1.165, 1.54) is 32.1 Å². The molecule has 0 bridgehead atoms. The van der Waals surface area contributed by atoms with E-state index in [-0.39, 0.29) is 0 Å². The monoisotopic (exact) mass is 242 g/mol. The number of hydrogen-bond acceptors (Lipinski definition) is 1. The molecular formula is C14H30OSi. The largest absolute Gasteiger partial charge is 0.414 e. The van der Waals surface area contributed by atoms with Crippen molar-refractivity contribution in [3.8, 4) is 0 Å². The molecule has 0 heterocycles. The van der Waals surface area contributed by atoms with Crippen LogP contribution in [0.1, 0.15) is 52.4 Å². The minimum absolute atomic E-state index is 0.458. The molecule has 1 nitrogen and oxygen atoms in total. The van der Waals surface area contributed by atoms with E-state index in [4.69, 9.17) is 4.43 Å². The van der Waals surface area contributed by atoms with Crippen LogP contribution in [0.3, 0.4) is 0 Å². The topological polar surface area (TPSA) is 9.23 Å². The molecule has 0 aromatic carbocycles. The third-order valence-electron chi connectivity index (χ3n) is 2.42. The summed E-state index contributed by atoms with van der Waals surface area (Å²) in [5.41, 5.74) is 0. The van der Waals surface area contributed by atoms with Crippen LogP contribution >= 0.6 is 0 Å². The smallest absolute Gasteiger partial charge is 0.184 e. The Bertz CT molecular complexity index is 182. The van der Waals surface area contributed by atoms with E-state index >= 15 is 0 Å². The first-order valence-electron chi connectivity index (χ1n) is 6.82. The quantitative estimate of drug-likeness (QED) is 0.402. The van der Waals surface area contributed by atoms with Crippen molar-refractivity contribution in [3.05, 3.63) is 12.2 Å². The fraction of sp³-hybridized carbons (Fsp3) is 0.857. The maximum atomic E-state index is 6.21. The van der Waals surface area contributed by atoms with Crippen LogP contribution in [-0.2, 0) is 4.43 Å². The van der Waals surface area contributed by atoms with Gasteiger partial charge in [0.1, 0.15) is 0 Å². The van der Waals surface area contributed by atoms with E-state index in [0.29, 0.717) is 6.10 Å². The fourth-order valence-corrected chi connectivity index (χ4v) is 2.90. The van der Waals surface area contributed by atoms with Crippen LogP contribution in [0.25, 0.3) is 0 Å². The van der Waals surface area contributed by atoms with Gasteiger partial charge in [-0.2, -0.15) is 0 Å². The van der Waals surface area contributed by atoms with Crippen LogP contribution in [0.2, 0.25) is 19.6 Å². The summed E-state index contributed by atoms with van der Waals surface area (Å²) in [5.74, 6) is 0. The van der Waals surface area contributed by atoms with Gasteiger partial charge in [0.15, 0.2) is 8.32 Å². The lowest BCUT2D eigenvalue weighted by molar-refractivity contribution is 0.183. The lowest BCUT2D eigenvalue weighted by atomic mass is 10.1. The number of hydrogen-bond donors (Lipinski definition) is 0. The molecule has 0 amide bonds. The summed E-state index contributed by atoms with van der Waals surface area (Å²) in [5, 5.41) is 0. The lowest BCUT2D eigenvalue weighted by Gasteiger charge is -2.25. The second-order valence-corrected chi connectivity index (χ2v) is 9.95. The Morgan fingerprint density at radius 2 is 1.75 bits per heavy atom. The minimum atomic E-state index is -1.37. The van der Waals surface area contributed by atoms with Crippen molar-refractivity contribution in [2.75, 3.05) is 0 Å². The van der Waals surface area contributed by atoms with E-state index in [9.17, 15) is 0 Å². The lowest BCUT2D eigenvalue weighted by Crippen LogP contribution is -2.31. The average molecular weight is 242 g/mol. The van der Waals surface area contributed by atoms with Gasteiger partial charge < -0.3 is 4.43 Å². The summed E-state index contributed by atoms with van der Waals surface area (Å²) in [6, 6.07) is 0. The molecule has 0 saturated carbocycles. The molecule has 2 heteroatoms. The second-order valence-electron chi connectivity index (χ2n) is 5.49. The van der Waals surface area contributed by atoms with Crippen LogP contribution in [0.4, 0.5) is 0 Å². The number of allylic oxidation sites excluding steroid dienone is 1. The molecule has 0 spiro atoms. The first-order chi connectivity index (χ1) is 7.49. The van der Waals surface area contributed by atoms with Crippen molar-refractivity contribution < 1.29 is 4.43 Å². The molecule has 96 valence electrons. The van der Waals surface area contributed by atoms with E-state index in [0.717, 1.165) is 6.42 Å². The zero-order valence-corrected chi connectivity index (χ0v) is 12.9. The average Bonchev–Trinajstić information content (AvgIpc) is 2.18. The molecule has 0 fully saturated rings.